The maximum absolute atomic E-state index is 6.04. The van der Waals surface area contributed by atoms with Crippen LogP contribution in [0.5, 0.6) is 5.75 Å². The van der Waals surface area contributed by atoms with Gasteiger partial charge >= 0.3 is 0 Å². The first-order chi connectivity index (χ1) is 14.1. The first-order valence-corrected chi connectivity index (χ1v) is 9.97. The molecule has 5 nitrogen and oxygen atoms in total. The quantitative estimate of drug-likeness (QED) is 0.402. The molecule has 0 fully saturated rings. The van der Waals surface area contributed by atoms with Crippen LogP contribution >= 0.6 is 11.6 Å². The highest BCUT2D eigenvalue weighted by Gasteiger charge is 2.14. The lowest BCUT2D eigenvalue weighted by molar-refractivity contribution is 0.281. The third-order valence-electron chi connectivity index (χ3n) is 4.66. The van der Waals surface area contributed by atoms with Crippen LogP contribution in [0.4, 0.5) is 0 Å². The van der Waals surface area contributed by atoms with E-state index in [1.807, 2.05) is 65.3 Å². The number of ether oxygens (including phenoxy) is 1. The minimum absolute atomic E-state index is 0.699. The number of rotatable bonds is 7. The molecule has 0 spiro atoms. The van der Waals surface area contributed by atoms with Crippen molar-refractivity contribution < 1.29 is 4.74 Å². The summed E-state index contributed by atoms with van der Waals surface area (Å²) in [5.74, 6) is 0.856. The summed E-state index contributed by atoms with van der Waals surface area (Å²) >= 11 is 6.04. The van der Waals surface area contributed by atoms with Crippen molar-refractivity contribution in [2.75, 3.05) is 27.2 Å². The molecule has 0 radical (unpaired) electrons. The number of pyridine rings is 1. The highest BCUT2D eigenvalue weighted by atomic mass is 35.5. The molecule has 2 heterocycles. The van der Waals surface area contributed by atoms with Crippen LogP contribution in [0.25, 0.3) is 28.0 Å². The van der Waals surface area contributed by atoms with Crippen LogP contribution < -0.4 is 4.74 Å². The molecule has 0 unspecified atom stereocenters. The molecule has 0 saturated carbocycles. The van der Waals surface area contributed by atoms with Crippen LogP contribution in [0, 0.1) is 0 Å². The second-order valence-electron chi connectivity index (χ2n) is 7.14. The molecule has 29 heavy (non-hydrogen) atoms. The number of nitrogens with zero attached hydrogens (tertiary/aromatic N) is 4. The minimum Gasteiger partial charge on any atom is -0.494 e. The SMILES string of the molecule is CN(C)CCCOc1ccc(-n2nc(-c3ccc(Cl)cc3)c3cccnc32)cc1. The maximum Gasteiger partial charge on any atom is 0.163 e. The van der Waals surface area contributed by atoms with Crippen LogP contribution in [-0.4, -0.2) is 46.9 Å². The molecule has 4 aromatic rings. The smallest absolute Gasteiger partial charge is 0.163 e. The fourth-order valence-electron chi connectivity index (χ4n) is 3.21. The molecule has 0 N–H and O–H groups in total. The Morgan fingerprint density at radius 3 is 2.48 bits per heavy atom. The lowest BCUT2D eigenvalue weighted by Gasteiger charge is -2.10. The van der Waals surface area contributed by atoms with E-state index in [4.69, 9.17) is 21.4 Å². The van der Waals surface area contributed by atoms with Crippen molar-refractivity contribution in [1.29, 1.82) is 0 Å². The van der Waals surface area contributed by atoms with Crippen molar-refractivity contribution in [3.63, 3.8) is 0 Å². The van der Waals surface area contributed by atoms with Gasteiger partial charge in [-0.05, 0) is 69.0 Å². The Kier molecular flexibility index (Phi) is 5.79. The van der Waals surface area contributed by atoms with Gasteiger partial charge in [0.15, 0.2) is 5.65 Å². The molecule has 4 rings (SSSR count). The van der Waals surface area contributed by atoms with Gasteiger partial charge in [-0.2, -0.15) is 5.10 Å². The van der Waals surface area contributed by atoms with Gasteiger partial charge < -0.3 is 9.64 Å². The molecule has 6 heteroatoms. The number of benzene rings is 2. The van der Waals surface area contributed by atoms with E-state index in [1.54, 1.807) is 6.20 Å². The summed E-state index contributed by atoms with van der Waals surface area (Å²) in [7, 11) is 4.13. The first kappa shape index (κ1) is 19.4. The van der Waals surface area contributed by atoms with E-state index in [0.717, 1.165) is 46.7 Å². The monoisotopic (exact) mass is 406 g/mol. The third kappa shape index (κ3) is 4.42. The summed E-state index contributed by atoms with van der Waals surface area (Å²) in [4.78, 5) is 6.71. The van der Waals surface area contributed by atoms with E-state index in [-0.39, 0.29) is 0 Å². The molecule has 0 bridgehead atoms. The molecule has 0 saturated heterocycles. The molecular weight excluding hydrogens is 384 g/mol. The summed E-state index contributed by atoms with van der Waals surface area (Å²) in [6.07, 6.45) is 2.78. The van der Waals surface area contributed by atoms with Crippen LogP contribution in [0.2, 0.25) is 5.02 Å². The first-order valence-electron chi connectivity index (χ1n) is 9.59. The number of halogens is 1. The summed E-state index contributed by atoms with van der Waals surface area (Å²) in [6, 6.07) is 19.6. The van der Waals surface area contributed by atoms with Crippen LogP contribution in [-0.2, 0) is 0 Å². The molecule has 148 valence electrons. The molecular formula is C23H23ClN4O. The predicted molar refractivity (Wildman–Crippen MR) is 118 cm³/mol. The lowest BCUT2D eigenvalue weighted by Crippen LogP contribution is -2.15. The van der Waals surface area contributed by atoms with Gasteiger partial charge in [0.05, 0.1) is 12.3 Å². The Morgan fingerprint density at radius 1 is 1.00 bits per heavy atom. The number of aromatic nitrogens is 3. The fraction of sp³-hybridized carbons (Fsp3) is 0.217. The normalized spacial score (nSPS) is 11.3. The average molecular weight is 407 g/mol. The zero-order chi connectivity index (χ0) is 20.2. The fourth-order valence-corrected chi connectivity index (χ4v) is 3.33. The third-order valence-corrected chi connectivity index (χ3v) is 4.91. The maximum atomic E-state index is 6.04. The van der Waals surface area contributed by atoms with E-state index in [0.29, 0.717) is 11.6 Å². The van der Waals surface area contributed by atoms with Gasteiger partial charge in [-0.3, -0.25) is 0 Å². The summed E-state index contributed by atoms with van der Waals surface area (Å²) in [5.41, 5.74) is 3.65. The second kappa shape index (κ2) is 8.64. The second-order valence-corrected chi connectivity index (χ2v) is 7.58. The molecule has 2 aromatic heterocycles. The Hall–Kier alpha value is -2.89. The molecule has 0 amide bonds. The minimum atomic E-state index is 0.699. The highest BCUT2D eigenvalue weighted by molar-refractivity contribution is 6.30. The van der Waals surface area contributed by atoms with Gasteiger partial charge in [0.2, 0.25) is 0 Å². The average Bonchev–Trinajstić information content (AvgIpc) is 3.12. The van der Waals surface area contributed by atoms with Gasteiger partial charge in [-0.25, -0.2) is 9.67 Å². The van der Waals surface area contributed by atoms with Crippen molar-refractivity contribution >= 4 is 22.6 Å². The lowest BCUT2D eigenvalue weighted by atomic mass is 10.1. The standard InChI is InChI=1S/C23H23ClN4O/c1-27(2)15-4-16-29-20-12-10-19(11-13-20)28-23-21(5-3-14-25-23)22(26-28)17-6-8-18(24)9-7-17/h3,5-14H,4,15-16H2,1-2H3. The van der Waals surface area contributed by atoms with E-state index >= 15 is 0 Å². The Bertz CT molecular complexity index is 1090. The van der Waals surface area contributed by atoms with Crippen LogP contribution in [0.1, 0.15) is 6.42 Å². The van der Waals surface area contributed by atoms with Gasteiger partial charge in [0.1, 0.15) is 11.4 Å². The van der Waals surface area contributed by atoms with Crippen LogP contribution in [0.3, 0.4) is 0 Å². The van der Waals surface area contributed by atoms with Crippen molar-refractivity contribution in [1.82, 2.24) is 19.7 Å². The zero-order valence-electron chi connectivity index (χ0n) is 16.5. The van der Waals surface area contributed by atoms with Gasteiger partial charge in [0.25, 0.3) is 0 Å². The van der Waals surface area contributed by atoms with Crippen molar-refractivity contribution in [2.24, 2.45) is 0 Å². The summed E-state index contributed by atoms with van der Waals surface area (Å²) in [6.45, 7) is 1.71. The molecule has 0 aliphatic heterocycles. The van der Waals surface area contributed by atoms with Gasteiger partial charge in [-0.15, -0.1) is 0 Å². The Balaban J connectivity index is 1.62. The Morgan fingerprint density at radius 2 is 1.76 bits per heavy atom. The van der Waals surface area contributed by atoms with E-state index < -0.39 is 0 Å². The molecule has 0 atom stereocenters. The van der Waals surface area contributed by atoms with Gasteiger partial charge in [0, 0.05) is 28.7 Å². The Labute approximate surface area is 175 Å². The van der Waals surface area contributed by atoms with E-state index in [1.165, 1.54) is 0 Å². The number of hydrogen-bond acceptors (Lipinski definition) is 4. The molecule has 2 aromatic carbocycles. The van der Waals surface area contributed by atoms with Gasteiger partial charge in [-0.1, -0.05) is 23.7 Å². The highest BCUT2D eigenvalue weighted by Crippen LogP contribution is 2.29. The molecule has 0 aliphatic carbocycles. The molecule has 0 aliphatic rings. The number of hydrogen-bond donors (Lipinski definition) is 0. The van der Waals surface area contributed by atoms with Crippen molar-refractivity contribution in [2.45, 2.75) is 6.42 Å². The number of fused-ring (bicyclic) bond motifs is 1. The predicted octanol–water partition coefficient (Wildman–Crippen LogP) is 5.07. The topological polar surface area (TPSA) is 43.2 Å². The summed E-state index contributed by atoms with van der Waals surface area (Å²) in [5, 5.41) is 6.55. The van der Waals surface area contributed by atoms with Crippen molar-refractivity contribution in [3.05, 3.63) is 71.9 Å². The van der Waals surface area contributed by atoms with E-state index in [2.05, 4.69) is 24.0 Å². The zero-order valence-corrected chi connectivity index (χ0v) is 17.3. The largest absolute Gasteiger partial charge is 0.494 e. The van der Waals surface area contributed by atoms with E-state index in [9.17, 15) is 0 Å². The van der Waals surface area contributed by atoms with Crippen molar-refractivity contribution in [3.8, 4) is 22.7 Å². The summed E-state index contributed by atoms with van der Waals surface area (Å²) < 4.78 is 7.71. The van der Waals surface area contributed by atoms with Crippen LogP contribution in [0.15, 0.2) is 66.9 Å².